The van der Waals surface area contributed by atoms with Crippen molar-refractivity contribution < 1.29 is 64.4 Å². The highest BCUT2D eigenvalue weighted by atomic mass is 32.3. The van der Waals surface area contributed by atoms with Crippen molar-refractivity contribution in [2.24, 2.45) is 20.5 Å². The van der Waals surface area contributed by atoms with Crippen LogP contribution in [0.5, 0.6) is 17.2 Å². The number of nitrogen functional groups attached to an aromatic ring is 1. The molecule has 0 saturated heterocycles. The predicted octanol–water partition coefficient (Wildman–Crippen LogP) is 5.08. The van der Waals surface area contributed by atoms with Gasteiger partial charge in [-0.15, -0.1) is 20.5 Å². The van der Waals surface area contributed by atoms with Crippen molar-refractivity contribution in [2.75, 3.05) is 32.2 Å². The Morgan fingerprint density at radius 1 is 0.673 bits per heavy atom. The molecule has 19 nitrogen and oxygen atoms in total. The third-order valence-electron chi connectivity index (χ3n) is 6.41. The second-order valence-electron chi connectivity index (χ2n) is 9.96. The number of fused-ring (bicyclic) bond motifs is 1. The van der Waals surface area contributed by atoms with E-state index in [1.54, 1.807) is 6.92 Å². The van der Waals surface area contributed by atoms with Crippen molar-refractivity contribution in [1.29, 1.82) is 0 Å². The Labute approximate surface area is 279 Å². The number of ether oxygens (including phenoxy) is 2. The molecule has 0 unspecified atom stereocenters. The van der Waals surface area contributed by atoms with Gasteiger partial charge >= 0.3 is 0 Å². The number of phenolic OH excluding ortho intramolecular Hbond substituents is 1. The monoisotopic (exact) mass is 743 g/mol. The molecule has 0 aliphatic heterocycles. The first-order valence-electron chi connectivity index (χ1n) is 13.5. The lowest BCUT2D eigenvalue weighted by atomic mass is 10.1. The van der Waals surface area contributed by atoms with Crippen molar-refractivity contribution in [3.8, 4) is 17.2 Å². The number of anilines is 1. The van der Waals surface area contributed by atoms with Gasteiger partial charge in [-0.05, 0) is 48.2 Å². The van der Waals surface area contributed by atoms with Crippen molar-refractivity contribution in [2.45, 2.75) is 21.6 Å². The van der Waals surface area contributed by atoms with Gasteiger partial charge in [-0.3, -0.25) is 9.11 Å². The van der Waals surface area contributed by atoms with Crippen LogP contribution in [0.25, 0.3) is 10.8 Å². The number of nitrogens with zero attached hydrogens (tertiary/aromatic N) is 4. The SMILES string of the molecule is Cc1ccc(N=Nc2cc(OCCO)c(N=Nc3c(S(O)(O)O)cc4cc(S(=O)(=O)O)c(N)cc4c3O)cc2OCCO)c(S(=O)(=O)O)c1. The first-order chi connectivity index (χ1) is 22.8. The summed E-state index contributed by atoms with van der Waals surface area (Å²) < 4.78 is 108. The number of azo groups is 2. The number of aryl methyl sites for hydroxylation is 1. The van der Waals surface area contributed by atoms with Gasteiger partial charge in [0.15, 0.2) is 5.75 Å². The minimum Gasteiger partial charge on any atom is -0.505 e. The highest BCUT2D eigenvalue weighted by Gasteiger charge is 2.27. The minimum absolute atomic E-state index is 0.119. The number of nitrogens with two attached hydrogens (primary N) is 1. The molecule has 0 fully saturated rings. The van der Waals surface area contributed by atoms with Gasteiger partial charge in [-0.2, -0.15) is 16.8 Å². The zero-order chi connectivity index (χ0) is 36.3. The highest BCUT2D eigenvalue weighted by molar-refractivity contribution is 8.19. The minimum atomic E-state index is -4.84. The molecule has 4 aromatic carbocycles. The largest absolute Gasteiger partial charge is 0.505 e. The molecule has 264 valence electrons. The molecule has 0 aliphatic rings. The van der Waals surface area contributed by atoms with Crippen molar-refractivity contribution in [1.82, 2.24) is 0 Å². The fraction of sp³-hybridized carbons (Fsp3) is 0.185. The first kappa shape index (κ1) is 37.3. The Morgan fingerprint density at radius 2 is 1.18 bits per heavy atom. The molecule has 22 heteroatoms. The van der Waals surface area contributed by atoms with E-state index < -0.39 is 76.1 Å². The maximum atomic E-state index is 11.9. The molecular formula is C27H29N5O14S3. The zero-order valence-corrected chi connectivity index (χ0v) is 27.5. The molecular weight excluding hydrogens is 715 g/mol. The average molecular weight is 744 g/mol. The van der Waals surface area contributed by atoms with E-state index >= 15 is 0 Å². The van der Waals surface area contributed by atoms with Crippen molar-refractivity contribution in [3.63, 3.8) is 0 Å². The number of phenols is 1. The third kappa shape index (κ3) is 8.76. The summed E-state index contributed by atoms with van der Waals surface area (Å²) in [6.07, 6.45) is 0. The Bertz CT molecular complexity index is 2190. The highest BCUT2D eigenvalue weighted by Crippen LogP contribution is 2.55. The second-order valence-corrected chi connectivity index (χ2v) is 14.2. The molecule has 0 heterocycles. The van der Waals surface area contributed by atoms with Gasteiger partial charge in [-0.1, -0.05) is 6.07 Å². The first-order valence-corrected chi connectivity index (χ1v) is 17.9. The predicted molar refractivity (Wildman–Crippen MR) is 175 cm³/mol. The summed E-state index contributed by atoms with van der Waals surface area (Å²) in [5.41, 5.74) is 4.48. The van der Waals surface area contributed by atoms with E-state index in [4.69, 9.17) is 15.2 Å². The third-order valence-corrected chi connectivity index (χ3v) is 9.10. The lowest BCUT2D eigenvalue weighted by molar-refractivity contribution is 0.198. The van der Waals surface area contributed by atoms with E-state index in [9.17, 15) is 54.9 Å². The number of hydrogen-bond acceptors (Lipinski definition) is 17. The second kappa shape index (κ2) is 14.6. The molecule has 0 spiro atoms. The Kier molecular flexibility index (Phi) is 11.1. The molecule has 0 bridgehead atoms. The normalized spacial score (nSPS) is 13.1. The topological polar surface area (TPSA) is 324 Å². The summed E-state index contributed by atoms with van der Waals surface area (Å²) in [7, 11) is -14.2. The number of aliphatic hydroxyl groups is 2. The standard InChI is InChI=1S/C27H29N5O14S3/c1-14-2-3-18(24(8-14)48(39,40)41)29-30-19-12-22(46-7-5-34)20(13-21(19)45-6-4-33)31-32-26-25(49(42,43)44)10-15-9-23(47(36,37)38)17(28)11-16(15)27(26)35/h2-3,8-13,33-35,42-44H,4-7,28H2,1H3,(H,36,37,38)(H,39,40,41). The van der Waals surface area contributed by atoms with Gasteiger partial charge in [-0.25, -0.2) is 0 Å². The van der Waals surface area contributed by atoms with E-state index in [1.807, 2.05) is 0 Å². The number of benzene rings is 4. The zero-order valence-electron chi connectivity index (χ0n) is 25.1. The summed E-state index contributed by atoms with van der Waals surface area (Å²) in [5, 5.41) is 45.1. The quantitative estimate of drug-likeness (QED) is 0.0489. The van der Waals surface area contributed by atoms with E-state index in [0.29, 0.717) is 5.56 Å². The van der Waals surface area contributed by atoms with Gasteiger partial charge in [0.25, 0.3) is 20.2 Å². The molecule has 49 heavy (non-hydrogen) atoms. The fourth-order valence-electron chi connectivity index (χ4n) is 4.28. The van der Waals surface area contributed by atoms with Gasteiger partial charge in [0.1, 0.15) is 68.1 Å². The maximum absolute atomic E-state index is 11.9. The lowest BCUT2D eigenvalue weighted by Gasteiger charge is -2.22. The van der Waals surface area contributed by atoms with Crippen LogP contribution in [0.4, 0.5) is 28.4 Å². The molecule has 0 radical (unpaired) electrons. The van der Waals surface area contributed by atoms with Crippen LogP contribution in [-0.4, -0.2) is 81.3 Å². The summed E-state index contributed by atoms with van der Waals surface area (Å²) in [6.45, 7) is 0.0508. The van der Waals surface area contributed by atoms with E-state index in [0.717, 1.165) is 24.3 Å². The van der Waals surface area contributed by atoms with E-state index in [-0.39, 0.29) is 52.5 Å². The van der Waals surface area contributed by atoms with Gasteiger partial charge < -0.3 is 44.2 Å². The van der Waals surface area contributed by atoms with E-state index in [2.05, 4.69) is 20.5 Å². The Balaban J connectivity index is 1.91. The van der Waals surface area contributed by atoms with Gasteiger partial charge in [0.2, 0.25) is 0 Å². The van der Waals surface area contributed by atoms with Crippen LogP contribution in [0.1, 0.15) is 5.56 Å². The molecule has 0 aromatic heterocycles. The summed E-state index contributed by atoms with van der Waals surface area (Å²) in [6, 6.07) is 8.97. The van der Waals surface area contributed by atoms with Gasteiger partial charge in [0, 0.05) is 17.5 Å². The molecule has 0 saturated carbocycles. The summed E-state index contributed by atoms with van der Waals surface area (Å²) in [5.74, 6) is -1.14. The van der Waals surface area contributed by atoms with Crippen LogP contribution >= 0.6 is 10.9 Å². The van der Waals surface area contributed by atoms with Crippen molar-refractivity contribution in [3.05, 3.63) is 54.1 Å². The van der Waals surface area contributed by atoms with Crippen LogP contribution in [0, 0.1) is 6.92 Å². The molecule has 10 N–H and O–H groups in total. The van der Waals surface area contributed by atoms with Crippen LogP contribution in [0.15, 0.2) is 83.7 Å². The lowest BCUT2D eigenvalue weighted by Crippen LogP contribution is -2.04. The molecule has 4 rings (SSSR count). The van der Waals surface area contributed by atoms with Gasteiger partial charge in [0.05, 0.1) is 23.8 Å². The smallest absolute Gasteiger partial charge is 0.296 e. The van der Waals surface area contributed by atoms with Crippen LogP contribution < -0.4 is 15.2 Å². The molecule has 0 amide bonds. The summed E-state index contributed by atoms with van der Waals surface area (Å²) >= 11 is 0. The number of hydrogen-bond donors (Lipinski definition) is 9. The average Bonchev–Trinajstić information content (AvgIpc) is 3.00. The fourth-order valence-corrected chi connectivity index (χ4v) is 6.30. The van der Waals surface area contributed by atoms with Crippen LogP contribution in [0.3, 0.4) is 0 Å². The number of rotatable bonds is 13. The van der Waals surface area contributed by atoms with Crippen LogP contribution in [-0.2, 0) is 20.2 Å². The van der Waals surface area contributed by atoms with Crippen LogP contribution in [0.2, 0.25) is 0 Å². The maximum Gasteiger partial charge on any atom is 0.296 e. The Hall–Kier alpha value is -4.49. The summed E-state index contributed by atoms with van der Waals surface area (Å²) in [4.78, 5) is -2.10. The number of aromatic hydroxyl groups is 1. The molecule has 0 atom stereocenters. The number of aliphatic hydroxyl groups excluding tert-OH is 2. The molecule has 4 aromatic rings. The molecule has 0 aliphatic carbocycles. The van der Waals surface area contributed by atoms with Crippen molar-refractivity contribution >= 4 is 70.3 Å². The Morgan fingerprint density at radius 3 is 1.69 bits per heavy atom. The van der Waals surface area contributed by atoms with E-state index in [1.165, 1.54) is 24.3 Å².